The zero-order valence-electron chi connectivity index (χ0n) is 14.0. The zero-order chi connectivity index (χ0) is 17.0. The number of ether oxygens (including phenoxy) is 3. The fourth-order valence-electron chi connectivity index (χ4n) is 2.32. The summed E-state index contributed by atoms with van der Waals surface area (Å²) >= 11 is 2.13. The van der Waals surface area contributed by atoms with Gasteiger partial charge in [-0.05, 0) is 61.9 Å². The Morgan fingerprint density at radius 1 is 1.43 bits per heavy atom. The van der Waals surface area contributed by atoms with E-state index in [0.29, 0.717) is 31.3 Å². The van der Waals surface area contributed by atoms with Gasteiger partial charge in [0.25, 0.3) is 5.88 Å². The van der Waals surface area contributed by atoms with Gasteiger partial charge in [-0.1, -0.05) is 0 Å². The first-order valence-electron chi connectivity index (χ1n) is 7.60. The number of nitrogens with zero attached hydrogens (tertiary/aromatic N) is 2. The van der Waals surface area contributed by atoms with E-state index in [4.69, 9.17) is 14.2 Å². The van der Waals surface area contributed by atoms with E-state index >= 15 is 0 Å². The standard InChI is InChI=1S/C16H23IN2O4/c1-16(2,3)23-15(20)19-8-7-11(9-19)10-22-14-12(21-4)5-6-13(17)18-14/h5-6,11H,7-10H2,1-4H3. The highest BCUT2D eigenvalue weighted by molar-refractivity contribution is 14.1. The molecule has 1 aromatic heterocycles. The van der Waals surface area contributed by atoms with E-state index in [2.05, 4.69) is 27.6 Å². The number of aromatic nitrogens is 1. The Bertz CT molecular complexity index is 560. The van der Waals surface area contributed by atoms with E-state index < -0.39 is 5.60 Å². The number of halogens is 1. The van der Waals surface area contributed by atoms with Crippen LogP contribution in [0.5, 0.6) is 11.6 Å². The number of amides is 1. The van der Waals surface area contributed by atoms with Crippen LogP contribution in [0.25, 0.3) is 0 Å². The Morgan fingerprint density at radius 3 is 2.83 bits per heavy atom. The van der Waals surface area contributed by atoms with Crippen LogP contribution >= 0.6 is 22.6 Å². The monoisotopic (exact) mass is 434 g/mol. The Labute approximate surface area is 150 Å². The molecule has 0 aliphatic carbocycles. The minimum absolute atomic E-state index is 0.259. The summed E-state index contributed by atoms with van der Waals surface area (Å²) in [7, 11) is 1.59. The van der Waals surface area contributed by atoms with E-state index in [-0.39, 0.29) is 12.0 Å². The first kappa shape index (κ1) is 18.1. The smallest absolute Gasteiger partial charge is 0.410 e. The van der Waals surface area contributed by atoms with E-state index in [0.717, 1.165) is 10.1 Å². The second-order valence-electron chi connectivity index (χ2n) is 6.53. The van der Waals surface area contributed by atoms with E-state index in [9.17, 15) is 4.79 Å². The van der Waals surface area contributed by atoms with E-state index in [1.165, 1.54) is 0 Å². The van der Waals surface area contributed by atoms with Crippen molar-refractivity contribution in [2.24, 2.45) is 5.92 Å². The predicted octanol–water partition coefficient (Wildman–Crippen LogP) is 3.33. The van der Waals surface area contributed by atoms with Crippen molar-refractivity contribution < 1.29 is 19.0 Å². The van der Waals surface area contributed by atoms with Crippen molar-refractivity contribution in [2.75, 3.05) is 26.8 Å². The number of rotatable bonds is 4. The topological polar surface area (TPSA) is 60.9 Å². The van der Waals surface area contributed by atoms with E-state index in [1.54, 1.807) is 12.0 Å². The highest BCUT2D eigenvalue weighted by atomic mass is 127. The third-order valence-corrected chi connectivity index (χ3v) is 4.01. The van der Waals surface area contributed by atoms with Gasteiger partial charge in [-0.3, -0.25) is 0 Å². The van der Waals surface area contributed by atoms with Crippen molar-refractivity contribution in [2.45, 2.75) is 32.8 Å². The van der Waals surface area contributed by atoms with Crippen molar-refractivity contribution in [3.63, 3.8) is 0 Å². The maximum absolute atomic E-state index is 12.1. The molecule has 1 saturated heterocycles. The minimum atomic E-state index is -0.469. The minimum Gasteiger partial charge on any atom is -0.491 e. The highest BCUT2D eigenvalue weighted by Crippen LogP contribution is 2.27. The fourth-order valence-corrected chi connectivity index (χ4v) is 2.72. The van der Waals surface area contributed by atoms with Gasteiger partial charge in [0.05, 0.1) is 13.7 Å². The lowest BCUT2D eigenvalue weighted by Crippen LogP contribution is -2.35. The molecule has 2 heterocycles. The molecule has 0 saturated carbocycles. The lowest BCUT2D eigenvalue weighted by atomic mass is 10.1. The second kappa shape index (κ2) is 7.55. The molecule has 2 rings (SSSR count). The molecular formula is C16H23IN2O4. The SMILES string of the molecule is COc1ccc(I)nc1OCC1CCN(C(=O)OC(C)(C)C)C1. The third kappa shape index (κ3) is 5.40. The molecule has 1 aromatic rings. The van der Waals surface area contributed by atoms with Crippen LogP contribution in [0.3, 0.4) is 0 Å². The normalized spacial score (nSPS) is 18.0. The molecule has 1 unspecified atom stereocenters. The number of hydrogen-bond donors (Lipinski definition) is 0. The molecule has 1 fully saturated rings. The summed E-state index contributed by atoms with van der Waals surface area (Å²) in [6.45, 7) is 7.45. The molecule has 1 aliphatic rings. The molecule has 1 aliphatic heterocycles. The van der Waals surface area contributed by atoms with Gasteiger partial charge in [-0.2, -0.15) is 0 Å². The largest absolute Gasteiger partial charge is 0.491 e. The van der Waals surface area contributed by atoms with Crippen LogP contribution in [0.1, 0.15) is 27.2 Å². The van der Waals surface area contributed by atoms with Gasteiger partial charge in [-0.25, -0.2) is 9.78 Å². The van der Waals surface area contributed by atoms with Crippen LogP contribution < -0.4 is 9.47 Å². The average molecular weight is 434 g/mol. The lowest BCUT2D eigenvalue weighted by molar-refractivity contribution is 0.0284. The van der Waals surface area contributed by atoms with Gasteiger partial charge in [-0.15, -0.1) is 0 Å². The first-order chi connectivity index (χ1) is 10.8. The Hall–Kier alpha value is -1.25. The summed E-state index contributed by atoms with van der Waals surface area (Å²) in [6, 6.07) is 3.71. The third-order valence-electron chi connectivity index (χ3n) is 3.40. The van der Waals surface area contributed by atoms with E-state index in [1.807, 2.05) is 32.9 Å². The summed E-state index contributed by atoms with van der Waals surface area (Å²) < 4.78 is 17.3. The van der Waals surface area contributed by atoms with Crippen molar-refractivity contribution in [3.05, 3.63) is 15.8 Å². The summed E-state index contributed by atoms with van der Waals surface area (Å²) in [6.07, 6.45) is 0.635. The molecule has 23 heavy (non-hydrogen) atoms. The van der Waals surface area contributed by atoms with Gasteiger partial charge >= 0.3 is 6.09 Å². The number of carbonyl (C=O) groups excluding carboxylic acids is 1. The fraction of sp³-hybridized carbons (Fsp3) is 0.625. The van der Waals surface area contributed by atoms with Crippen LogP contribution in [0.15, 0.2) is 12.1 Å². The predicted molar refractivity (Wildman–Crippen MR) is 94.9 cm³/mol. The van der Waals surface area contributed by atoms with Crippen LogP contribution in [0.2, 0.25) is 0 Å². The summed E-state index contributed by atoms with van der Waals surface area (Å²) in [5, 5.41) is 0. The molecular weight excluding hydrogens is 411 g/mol. The van der Waals surface area contributed by atoms with Gasteiger partial charge in [0.15, 0.2) is 5.75 Å². The lowest BCUT2D eigenvalue weighted by Gasteiger charge is -2.24. The summed E-state index contributed by atoms with van der Waals surface area (Å²) in [5.74, 6) is 1.38. The Morgan fingerprint density at radius 2 is 2.17 bits per heavy atom. The number of hydrogen-bond acceptors (Lipinski definition) is 5. The number of methoxy groups -OCH3 is 1. The van der Waals surface area contributed by atoms with Crippen molar-refractivity contribution in [1.82, 2.24) is 9.88 Å². The second-order valence-corrected chi connectivity index (χ2v) is 7.64. The zero-order valence-corrected chi connectivity index (χ0v) is 16.1. The van der Waals surface area contributed by atoms with Crippen LogP contribution in [-0.2, 0) is 4.74 Å². The molecule has 128 valence electrons. The Kier molecular flexibility index (Phi) is 5.94. The molecule has 1 amide bonds. The molecule has 0 bridgehead atoms. The average Bonchev–Trinajstić information content (AvgIpc) is 2.92. The summed E-state index contributed by atoms with van der Waals surface area (Å²) in [4.78, 5) is 18.1. The molecule has 0 N–H and O–H groups in total. The van der Waals surface area contributed by atoms with Gasteiger partial charge in [0, 0.05) is 19.0 Å². The molecule has 7 heteroatoms. The van der Waals surface area contributed by atoms with Crippen molar-refractivity contribution in [3.8, 4) is 11.6 Å². The maximum Gasteiger partial charge on any atom is 0.410 e. The number of carbonyl (C=O) groups is 1. The molecule has 0 spiro atoms. The van der Waals surface area contributed by atoms with Crippen LogP contribution in [0, 0.1) is 9.62 Å². The van der Waals surface area contributed by atoms with Gasteiger partial charge < -0.3 is 19.1 Å². The van der Waals surface area contributed by atoms with Crippen LogP contribution in [0.4, 0.5) is 4.79 Å². The van der Waals surface area contributed by atoms with Crippen molar-refractivity contribution in [1.29, 1.82) is 0 Å². The van der Waals surface area contributed by atoms with Gasteiger partial charge in [0.2, 0.25) is 0 Å². The molecule has 1 atom stereocenters. The molecule has 0 aromatic carbocycles. The highest BCUT2D eigenvalue weighted by Gasteiger charge is 2.30. The molecule has 6 nitrogen and oxygen atoms in total. The number of likely N-dealkylation sites (tertiary alicyclic amines) is 1. The van der Waals surface area contributed by atoms with Gasteiger partial charge in [0.1, 0.15) is 9.30 Å². The molecule has 0 radical (unpaired) electrons. The van der Waals surface area contributed by atoms with Crippen molar-refractivity contribution >= 4 is 28.7 Å². The first-order valence-corrected chi connectivity index (χ1v) is 8.67. The Balaban J connectivity index is 1.87. The maximum atomic E-state index is 12.1. The van der Waals surface area contributed by atoms with Crippen LogP contribution in [-0.4, -0.2) is 48.4 Å². The quantitative estimate of drug-likeness (QED) is 0.538. The summed E-state index contributed by atoms with van der Waals surface area (Å²) in [5.41, 5.74) is -0.469. The number of pyridine rings is 1.